The molecule has 1 heterocycles. The average Bonchev–Trinajstić information content (AvgIpc) is 3.32. The summed E-state index contributed by atoms with van der Waals surface area (Å²) < 4.78 is 17.1. The zero-order valence-corrected chi connectivity index (χ0v) is 23.6. The van der Waals surface area contributed by atoms with Gasteiger partial charge in [-0.1, -0.05) is 54.4 Å². The molecule has 3 amide bonds. The maximum absolute atomic E-state index is 13.0. The van der Waals surface area contributed by atoms with Gasteiger partial charge in [-0.3, -0.25) is 9.59 Å². The minimum absolute atomic E-state index is 0.0446. The molecule has 1 saturated carbocycles. The number of rotatable bonds is 12. The first kappa shape index (κ1) is 29.8. The van der Waals surface area contributed by atoms with Crippen molar-refractivity contribution in [2.45, 2.75) is 71.2 Å². The fourth-order valence-electron chi connectivity index (χ4n) is 4.98. The molecule has 0 aliphatic heterocycles. The molecular weight excluding hydrogens is 524 g/mol. The van der Waals surface area contributed by atoms with E-state index in [9.17, 15) is 14.4 Å². The maximum atomic E-state index is 13.0. The third-order valence-electron chi connectivity index (χ3n) is 7.11. The van der Waals surface area contributed by atoms with Gasteiger partial charge >= 0.3 is 6.09 Å². The standard InChI is InChI=1S/C31H38N4O6/c1-20-8-6-12-24(14-20)30-34-27(21(2)41-30)19-39-17-23-11-7-13-25(15-23)33-29(37)26(16-28(32)36)35-31(38)40-18-22-9-4-3-5-10-22/h3-6,8-10,12,14,23,25-26H,7,11,13,15-19H2,1-2H3,(H2,32,36)(H,33,37)(H,35,38)/t23?,25?,26-/m0/s1. The van der Waals surface area contributed by atoms with Crippen LogP contribution in [-0.4, -0.2) is 41.6 Å². The van der Waals surface area contributed by atoms with Crippen LogP contribution in [0.4, 0.5) is 4.79 Å². The number of alkyl carbamates (subject to hydrolysis) is 1. The molecule has 1 aliphatic carbocycles. The van der Waals surface area contributed by atoms with E-state index in [-0.39, 0.29) is 25.0 Å². The fourth-order valence-corrected chi connectivity index (χ4v) is 4.98. The van der Waals surface area contributed by atoms with Crippen LogP contribution in [-0.2, 0) is 32.3 Å². The molecule has 218 valence electrons. The van der Waals surface area contributed by atoms with Gasteiger partial charge in [-0.05, 0) is 56.7 Å². The van der Waals surface area contributed by atoms with Crippen LogP contribution in [0.15, 0.2) is 59.0 Å². The Balaban J connectivity index is 1.24. The predicted molar refractivity (Wildman–Crippen MR) is 152 cm³/mol. The first-order valence-corrected chi connectivity index (χ1v) is 13.9. The Morgan fingerprint density at radius 2 is 1.88 bits per heavy atom. The van der Waals surface area contributed by atoms with Gasteiger partial charge in [0, 0.05) is 18.2 Å². The van der Waals surface area contributed by atoms with E-state index >= 15 is 0 Å². The maximum Gasteiger partial charge on any atom is 0.408 e. The highest BCUT2D eigenvalue weighted by molar-refractivity contribution is 5.90. The van der Waals surface area contributed by atoms with Gasteiger partial charge in [0.25, 0.3) is 0 Å². The molecule has 1 aromatic heterocycles. The molecule has 2 aromatic carbocycles. The highest BCUT2D eigenvalue weighted by Crippen LogP contribution is 2.26. The number of primary amides is 1. The van der Waals surface area contributed by atoms with Crippen LogP contribution >= 0.6 is 0 Å². The van der Waals surface area contributed by atoms with Crippen LogP contribution in [0.2, 0.25) is 0 Å². The van der Waals surface area contributed by atoms with Crippen molar-refractivity contribution in [3.63, 3.8) is 0 Å². The molecule has 41 heavy (non-hydrogen) atoms. The van der Waals surface area contributed by atoms with E-state index in [1.54, 1.807) is 0 Å². The van der Waals surface area contributed by atoms with E-state index < -0.39 is 23.9 Å². The van der Waals surface area contributed by atoms with Gasteiger partial charge in [-0.15, -0.1) is 0 Å². The largest absolute Gasteiger partial charge is 0.445 e. The summed E-state index contributed by atoms with van der Waals surface area (Å²) in [6, 6.07) is 15.9. The number of ether oxygens (including phenoxy) is 2. The summed E-state index contributed by atoms with van der Waals surface area (Å²) in [4.78, 5) is 41.5. The molecule has 4 rings (SSSR count). The molecule has 1 aliphatic rings. The first-order chi connectivity index (χ1) is 19.8. The van der Waals surface area contributed by atoms with Crippen LogP contribution < -0.4 is 16.4 Å². The third-order valence-corrected chi connectivity index (χ3v) is 7.11. The molecule has 0 saturated heterocycles. The lowest BCUT2D eigenvalue weighted by Gasteiger charge is -2.30. The molecule has 10 nitrogen and oxygen atoms in total. The Morgan fingerprint density at radius 3 is 2.63 bits per heavy atom. The van der Waals surface area contributed by atoms with E-state index in [0.717, 1.165) is 53.8 Å². The molecule has 0 radical (unpaired) electrons. The van der Waals surface area contributed by atoms with Gasteiger partial charge < -0.3 is 30.3 Å². The number of nitrogens with zero attached hydrogens (tertiary/aromatic N) is 1. The number of benzene rings is 2. The predicted octanol–water partition coefficient (Wildman–Crippen LogP) is 4.32. The Hall–Kier alpha value is -4.18. The molecule has 3 atom stereocenters. The second-order valence-corrected chi connectivity index (χ2v) is 10.6. The van der Waals surface area contributed by atoms with Crippen molar-refractivity contribution in [2.75, 3.05) is 6.61 Å². The topological polar surface area (TPSA) is 146 Å². The molecular formula is C31H38N4O6. The number of aromatic nitrogens is 1. The average molecular weight is 563 g/mol. The van der Waals surface area contributed by atoms with Crippen molar-refractivity contribution in [1.82, 2.24) is 15.6 Å². The Bertz CT molecular complexity index is 1330. The quantitative estimate of drug-likeness (QED) is 0.298. The van der Waals surface area contributed by atoms with E-state index in [1.165, 1.54) is 0 Å². The van der Waals surface area contributed by atoms with E-state index in [1.807, 2.05) is 68.4 Å². The summed E-state index contributed by atoms with van der Waals surface area (Å²) in [5.41, 5.74) is 8.98. The zero-order valence-electron chi connectivity index (χ0n) is 23.6. The summed E-state index contributed by atoms with van der Waals surface area (Å²) >= 11 is 0. The second kappa shape index (κ2) is 14.5. The van der Waals surface area contributed by atoms with Crippen molar-refractivity contribution in [3.05, 3.63) is 77.2 Å². The molecule has 4 N–H and O–H groups in total. The number of amides is 3. The van der Waals surface area contributed by atoms with E-state index in [4.69, 9.17) is 19.6 Å². The van der Waals surface area contributed by atoms with Crippen LogP contribution in [0.25, 0.3) is 11.5 Å². The number of aryl methyl sites for hydroxylation is 2. The lowest BCUT2D eigenvalue weighted by atomic mass is 9.86. The summed E-state index contributed by atoms with van der Waals surface area (Å²) in [5.74, 6) is 0.390. The molecule has 10 heteroatoms. The number of oxazole rings is 1. The van der Waals surface area contributed by atoms with Crippen LogP contribution in [0.5, 0.6) is 0 Å². The van der Waals surface area contributed by atoms with Crippen LogP contribution in [0.3, 0.4) is 0 Å². The van der Waals surface area contributed by atoms with Gasteiger partial charge in [0.15, 0.2) is 0 Å². The summed E-state index contributed by atoms with van der Waals surface area (Å²) in [7, 11) is 0. The number of hydrogen-bond acceptors (Lipinski definition) is 7. The Kier molecular flexibility index (Phi) is 10.5. The molecule has 1 fully saturated rings. The third kappa shape index (κ3) is 9.18. The second-order valence-electron chi connectivity index (χ2n) is 10.6. The van der Waals surface area contributed by atoms with E-state index in [0.29, 0.717) is 19.1 Å². The lowest BCUT2D eigenvalue weighted by molar-refractivity contribution is -0.127. The van der Waals surface area contributed by atoms with Crippen molar-refractivity contribution in [3.8, 4) is 11.5 Å². The highest BCUT2D eigenvalue weighted by Gasteiger charge is 2.29. The van der Waals surface area contributed by atoms with Gasteiger partial charge in [-0.2, -0.15) is 0 Å². The fraction of sp³-hybridized carbons (Fsp3) is 0.419. The zero-order chi connectivity index (χ0) is 29.2. The van der Waals surface area contributed by atoms with E-state index in [2.05, 4.69) is 15.6 Å². The first-order valence-electron chi connectivity index (χ1n) is 13.9. The van der Waals surface area contributed by atoms with Crippen molar-refractivity contribution < 1.29 is 28.3 Å². The summed E-state index contributed by atoms with van der Waals surface area (Å²) in [6.07, 6.45) is 2.30. The van der Waals surface area contributed by atoms with Crippen LogP contribution in [0, 0.1) is 19.8 Å². The minimum Gasteiger partial charge on any atom is -0.445 e. The SMILES string of the molecule is Cc1cccc(-c2nc(COCC3CCCC(NC(=O)[C@H](CC(N)=O)NC(=O)OCc4ccccc4)C3)c(C)o2)c1. The smallest absolute Gasteiger partial charge is 0.408 e. The summed E-state index contributed by atoms with van der Waals surface area (Å²) in [6.45, 7) is 4.81. The van der Waals surface area contributed by atoms with Gasteiger partial charge in [0.05, 0.1) is 13.0 Å². The van der Waals surface area contributed by atoms with Crippen LogP contribution in [0.1, 0.15) is 54.7 Å². The monoisotopic (exact) mass is 562 g/mol. The number of nitrogens with one attached hydrogen (secondary N) is 2. The number of carbonyl (C=O) groups is 3. The Morgan fingerprint density at radius 1 is 1.07 bits per heavy atom. The summed E-state index contributed by atoms with van der Waals surface area (Å²) in [5, 5.41) is 5.46. The van der Waals surface area contributed by atoms with Gasteiger partial charge in [0.2, 0.25) is 17.7 Å². The van der Waals surface area contributed by atoms with Gasteiger partial charge in [-0.25, -0.2) is 9.78 Å². The molecule has 3 aromatic rings. The normalized spacial score (nSPS) is 17.4. The minimum atomic E-state index is -1.12. The Labute approximate surface area is 240 Å². The van der Waals surface area contributed by atoms with Crippen molar-refractivity contribution >= 4 is 17.9 Å². The number of nitrogens with two attached hydrogens (primary N) is 1. The van der Waals surface area contributed by atoms with Gasteiger partial charge in [0.1, 0.15) is 24.1 Å². The van der Waals surface area contributed by atoms with Crippen molar-refractivity contribution in [2.24, 2.45) is 11.7 Å². The molecule has 0 bridgehead atoms. The molecule has 0 spiro atoms. The van der Waals surface area contributed by atoms with Crippen molar-refractivity contribution in [1.29, 1.82) is 0 Å². The highest BCUT2D eigenvalue weighted by atomic mass is 16.5. The number of hydrogen-bond donors (Lipinski definition) is 3. The lowest BCUT2D eigenvalue weighted by Crippen LogP contribution is -2.52. The molecule has 2 unspecified atom stereocenters. The number of carbonyl (C=O) groups excluding carboxylic acids is 3.